The topological polar surface area (TPSA) is 75.3 Å². The maximum Gasteiger partial charge on any atom is 0.232 e. The summed E-state index contributed by atoms with van der Waals surface area (Å²) in [5, 5.41) is 2.66. The van der Waals surface area contributed by atoms with Crippen LogP contribution in [-0.2, 0) is 14.8 Å². The van der Waals surface area contributed by atoms with E-state index in [2.05, 4.69) is 10.0 Å². The first-order valence-electron chi connectivity index (χ1n) is 5.79. The minimum absolute atomic E-state index is 0.0109. The van der Waals surface area contributed by atoms with Gasteiger partial charge in [-0.15, -0.1) is 11.6 Å². The second kappa shape index (κ2) is 6.77. The molecular weight excluding hydrogens is 288 g/mol. The Bertz CT molecular complexity index is 558. The van der Waals surface area contributed by atoms with E-state index in [1.54, 1.807) is 25.1 Å². The zero-order valence-corrected chi connectivity index (χ0v) is 12.4. The molecule has 0 spiro atoms. The summed E-state index contributed by atoms with van der Waals surface area (Å²) in [7, 11) is -3.37. The molecule has 7 heteroatoms. The first-order chi connectivity index (χ1) is 8.84. The van der Waals surface area contributed by atoms with Crippen molar-refractivity contribution in [2.75, 3.05) is 21.7 Å². The van der Waals surface area contributed by atoms with Crippen LogP contribution in [0.3, 0.4) is 0 Å². The zero-order valence-electron chi connectivity index (χ0n) is 10.9. The number of alkyl halides is 1. The fourth-order valence-electron chi connectivity index (χ4n) is 1.53. The molecule has 0 saturated carbocycles. The van der Waals surface area contributed by atoms with Gasteiger partial charge in [0.25, 0.3) is 0 Å². The van der Waals surface area contributed by atoms with Gasteiger partial charge in [-0.25, -0.2) is 8.42 Å². The van der Waals surface area contributed by atoms with Crippen molar-refractivity contribution in [3.8, 4) is 0 Å². The highest BCUT2D eigenvalue weighted by Gasteiger charge is 2.10. The van der Waals surface area contributed by atoms with Gasteiger partial charge < -0.3 is 5.32 Å². The quantitative estimate of drug-likeness (QED) is 0.792. The van der Waals surface area contributed by atoms with Gasteiger partial charge in [0.2, 0.25) is 15.9 Å². The van der Waals surface area contributed by atoms with Crippen LogP contribution in [-0.4, -0.2) is 26.0 Å². The van der Waals surface area contributed by atoms with Crippen LogP contribution in [0.4, 0.5) is 11.4 Å². The molecule has 0 bridgehead atoms. The molecule has 19 heavy (non-hydrogen) atoms. The molecule has 0 fully saturated rings. The fraction of sp³-hybridized carbons (Fsp3) is 0.417. The first kappa shape index (κ1) is 15.8. The number of benzene rings is 1. The van der Waals surface area contributed by atoms with Gasteiger partial charge >= 0.3 is 0 Å². The predicted molar refractivity (Wildman–Crippen MR) is 78.2 cm³/mol. The molecule has 0 atom stereocenters. The second-order valence-corrected chi connectivity index (χ2v) is 6.39. The maximum absolute atomic E-state index is 11.7. The largest absolute Gasteiger partial charge is 0.326 e. The van der Waals surface area contributed by atoms with E-state index >= 15 is 0 Å². The van der Waals surface area contributed by atoms with E-state index in [-0.39, 0.29) is 11.7 Å². The van der Waals surface area contributed by atoms with Gasteiger partial charge in [-0.2, -0.15) is 0 Å². The van der Waals surface area contributed by atoms with Gasteiger partial charge in [0.15, 0.2) is 0 Å². The Morgan fingerprint density at radius 2 is 2.05 bits per heavy atom. The van der Waals surface area contributed by atoms with Gasteiger partial charge in [0.1, 0.15) is 0 Å². The van der Waals surface area contributed by atoms with E-state index in [0.717, 1.165) is 5.56 Å². The molecule has 1 rings (SSSR count). The number of hydrogen-bond donors (Lipinski definition) is 2. The van der Waals surface area contributed by atoms with E-state index in [0.29, 0.717) is 23.7 Å². The predicted octanol–water partition coefficient (Wildman–Crippen LogP) is 2.32. The number of hydrogen-bond acceptors (Lipinski definition) is 3. The van der Waals surface area contributed by atoms with Gasteiger partial charge in [-0.3, -0.25) is 9.52 Å². The third-order valence-corrected chi connectivity index (χ3v) is 4.00. The SMILES string of the molecule is CC(=O)Nc1ccc(NS(=O)(=O)CCCCl)cc1C. The monoisotopic (exact) mass is 304 g/mol. The third-order valence-electron chi connectivity index (χ3n) is 2.36. The molecule has 0 heterocycles. The lowest BCUT2D eigenvalue weighted by molar-refractivity contribution is -0.114. The average Bonchev–Trinajstić information content (AvgIpc) is 2.29. The number of aryl methyl sites for hydroxylation is 1. The second-order valence-electron chi connectivity index (χ2n) is 4.17. The van der Waals surface area contributed by atoms with Gasteiger partial charge in [0, 0.05) is 24.2 Å². The van der Waals surface area contributed by atoms with E-state index in [9.17, 15) is 13.2 Å². The molecule has 1 aromatic carbocycles. The molecule has 0 unspecified atom stereocenters. The van der Waals surface area contributed by atoms with E-state index in [1.165, 1.54) is 6.92 Å². The summed E-state index contributed by atoms with van der Waals surface area (Å²) in [6.07, 6.45) is 0.403. The van der Waals surface area contributed by atoms with E-state index < -0.39 is 10.0 Å². The van der Waals surface area contributed by atoms with Crippen molar-refractivity contribution in [1.29, 1.82) is 0 Å². The molecule has 2 N–H and O–H groups in total. The Morgan fingerprint density at radius 3 is 2.58 bits per heavy atom. The van der Waals surface area contributed by atoms with Crippen molar-refractivity contribution in [2.45, 2.75) is 20.3 Å². The smallest absolute Gasteiger partial charge is 0.232 e. The van der Waals surface area contributed by atoms with Gasteiger partial charge in [-0.1, -0.05) is 0 Å². The molecule has 0 radical (unpaired) electrons. The van der Waals surface area contributed by atoms with Crippen molar-refractivity contribution in [2.24, 2.45) is 0 Å². The molecule has 0 aromatic heterocycles. The number of carbonyl (C=O) groups excluding carboxylic acids is 1. The number of halogens is 1. The summed E-state index contributed by atoms with van der Waals surface area (Å²) in [6, 6.07) is 4.94. The molecular formula is C12H17ClN2O3S. The number of sulfonamides is 1. The minimum atomic E-state index is -3.37. The molecule has 1 amide bonds. The zero-order chi connectivity index (χ0) is 14.5. The number of carbonyl (C=O) groups is 1. The van der Waals surface area contributed by atoms with Crippen molar-refractivity contribution >= 4 is 38.9 Å². The maximum atomic E-state index is 11.7. The standard InChI is InChI=1S/C12H17ClN2O3S/c1-9-8-11(4-5-12(9)14-10(2)16)15-19(17,18)7-3-6-13/h4-5,8,15H,3,6-7H2,1-2H3,(H,14,16). The lowest BCUT2D eigenvalue weighted by Gasteiger charge is -2.11. The highest BCUT2D eigenvalue weighted by Crippen LogP contribution is 2.20. The van der Waals surface area contributed by atoms with E-state index in [4.69, 9.17) is 11.6 Å². The van der Waals surface area contributed by atoms with Crippen molar-refractivity contribution in [1.82, 2.24) is 0 Å². The van der Waals surface area contributed by atoms with Crippen LogP contribution in [0.2, 0.25) is 0 Å². The summed E-state index contributed by atoms with van der Waals surface area (Å²) < 4.78 is 25.9. The van der Waals surface area contributed by atoms with Crippen molar-refractivity contribution in [3.05, 3.63) is 23.8 Å². The fourth-order valence-corrected chi connectivity index (χ4v) is 2.94. The number of anilines is 2. The Hall–Kier alpha value is -1.27. The van der Waals surface area contributed by atoms with E-state index in [1.807, 2.05) is 0 Å². The Balaban J connectivity index is 2.81. The molecule has 106 valence electrons. The minimum Gasteiger partial charge on any atom is -0.326 e. The Labute approximate surface area is 118 Å². The first-order valence-corrected chi connectivity index (χ1v) is 7.97. The summed E-state index contributed by atoms with van der Waals surface area (Å²) in [6.45, 7) is 3.21. The van der Waals surface area contributed by atoms with Crippen LogP contribution in [0.25, 0.3) is 0 Å². The molecule has 5 nitrogen and oxygen atoms in total. The summed E-state index contributed by atoms with van der Waals surface area (Å²) in [5.74, 6) is 0.128. The highest BCUT2D eigenvalue weighted by molar-refractivity contribution is 7.92. The molecule has 0 saturated heterocycles. The van der Waals surface area contributed by atoms with Crippen LogP contribution < -0.4 is 10.0 Å². The highest BCUT2D eigenvalue weighted by atomic mass is 35.5. The molecule has 1 aromatic rings. The van der Waals surface area contributed by atoms with Crippen LogP contribution >= 0.6 is 11.6 Å². The Morgan fingerprint density at radius 1 is 1.37 bits per heavy atom. The van der Waals surface area contributed by atoms with Gasteiger partial charge in [-0.05, 0) is 37.1 Å². The van der Waals surface area contributed by atoms with Gasteiger partial charge in [0.05, 0.1) is 5.75 Å². The summed E-state index contributed by atoms with van der Waals surface area (Å²) in [5.41, 5.74) is 1.92. The van der Waals surface area contributed by atoms with Crippen LogP contribution in [0.5, 0.6) is 0 Å². The number of rotatable bonds is 6. The van der Waals surface area contributed by atoms with Crippen LogP contribution in [0.15, 0.2) is 18.2 Å². The van der Waals surface area contributed by atoms with Crippen LogP contribution in [0, 0.1) is 6.92 Å². The molecule has 0 aliphatic heterocycles. The average molecular weight is 305 g/mol. The summed E-state index contributed by atoms with van der Waals surface area (Å²) >= 11 is 5.47. The van der Waals surface area contributed by atoms with Crippen molar-refractivity contribution in [3.63, 3.8) is 0 Å². The lowest BCUT2D eigenvalue weighted by Crippen LogP contribution is -2.17. The molecule has 0 aliphatic rings. The Kier molecular flexibility index (Phi) is 5.62. The molecule has 0 aliphatic carbocycles. The third kappa shape index (κ3) is 5.48. The van der Waals surface area contributed by atoms with Crippen molar-refractivity contribution < 1.29 is 13.2 Å². The van der Waals surface area contributed by atoms with Crippen LogP contribution in [0.1, 0.15) is 18.9 Å². The lowest BCUT2D eigenvalue weighted by atomic mass is 10.2. The number of nitrogens with one attached hydrogen (secondary N) is 2. The summed E-state index contributed by atoms with van der Waals surface area (Å²) in [4.78, 5) is 11.0. The number of amides is 1. The normalized spacial score (nSPS) is 11.1.